The second kappa shape index (κ2) is 10.6. The smallest absolute Gasteiger partial charge is 0.306 e. The van der Waals surface area contributed by atoms with Crippen LogP contribution in [0.15, 0.2) is 48.8 Å². The largest absolute Gasteiger partial charge is 0.481 e. The standard InChI is InChI=1S/C17H16ClN3.C7H13NO2/c1-3-14-11-20-17(16-12(2)5-4-10-19-16)21(14)15-8-6-13(18)7-9-15;8-6-3-1-5(2-4-6)7(9)10/h4-11H,3H2,1-2H3;5-6H,1-4,8H2,(H,9,10). The summed E-state index contributed by atoms with van der Waals surface area (Å²) in [4.78, 5) is 19.5. The summed E-state index contributed by atoms with van der Waals surface area (Å²) in [6.07, 6.45) is 7.88. The first-order chi connectivity index (χ1) is 14.9. The highest BCUT2D eigenvalue weighted by Crippen LogP contribution is 2.26. The van der Waals surface area contributed by atoms with E-state index in [1.54, 1.807) is 6.20 Å². The number of rotatable bonds is 4. The molecule has 0 amide bonds. The van der Waals surface area contributed by atoms with Gasteiger partial charge in [0.1, 0.15) is 5.69 Å². The Morgan fingerprint density at radius 3 is 2.42 bits per heavy atom. The number of nitrogens with two attached hydrogens (primary N) is 1. The molecule has 1 aliphatic carbocycles. The van der Waals surface area contributed by atoms with Crippen LogP contribution in [0, 0.1) is 12.8 Å². The van der Waals surface area contributed by atoms with Crippen molar-refractivity contribution >= 4 is 17.6 Å². The highest BCUT2D eigenvalue weighted by molar-refractivity contribution is 6.30. The Labute approximate surface area is 188 Å². The van der Waals surface area contributed by atoms with Gasteiger partial charge < -0.3 is 10.8 Å². The normalized spacial score (nSPS) is 18.2. The van der Waals surface area contributed by atoms with Crippen LogP contribution in [0.3, 0.4) is 0 Å². The zero-order chi connectivity index (χ0) is 22.4. The van der Waals surface area contributed by atoms with Crippen LogP contribution in [0.5, 0.6) is 0 Å². The van der Waals surface area contributed by atoms with Crippen LogP contribution in [0.4, 0.5) is 0 Å². The molecule has 6 nitrogen and oxygen atoms in total. The number of halogens is 1. The number of carboxylic acids is 1. The van der Waals surface area contributed by atoms with Crippen LogP contribution < -0.4 is 5.73 Å². The van der Waals surface area contributed by atoms with Gasteiger partial charge in [0, 0.05) is 34.8 Å². The number of pyridine rings is 1. The van der Waals surface area contributed by atoms with Gasteiger partial charge in [0.2, 0.25) is 0 Å². The van der Waals surface area contributed by atoms with Crippen molar-refractivity contribution in [3.63, 3.8) is 0 Å². The van der Waals surface area contributed by atoms with Gasteiger partial charge in [-0.15, -0.1) is 0 Å². The summed E-state index contributed by atoms with van der Waals surface area (Å²) < 4.78 is 2.14. The summed E-state index contributed by atoms with van der Waals surface area (Å²) >= 11 is 5.99. The summed E-state index contributed by atoms with van der Waals surface area (Å²) in [6.45, 7) is 4.17. The number of aliphatic carboxylic acids is 1. The molecule has 164 valence electrons. The number of nitrogens with zero attached hydrogens (tertiary/aromatic N) is 3. The number of aromatic nitrogens is 3. The Morgan fingerprint density at radius 1 is 1.16 bits per heavy atom. The quantitative estimate of drug-likeness (QED) is 0.592. The lowest BCUT2D eigenvalue weighted by atomic mass is 9.87. The summed E-state index contributed by atoms with van der Waals surface area (Å²) in [5.74, 6) is 0.0824. The Balaban J connectivity index is 0.000000229. The topological polar surface area (TPSA) is 94.0 Å². The second-order valence-electron chi connectivity index (χ2n) is 7.86. The van der Waals surface area contributed by atoms with Gasteiger partial charge in [-0.2, -0.15) is 0 Å². The van der Waals surface area contributed by atoms with E-state index in [0.29, 0.717) is 0 Å². The summed E-state index contributed by atoms with van der Waals surface area (Å²) in [7, 11) is 0. The number of benzene rings is 1. The van der Waals surface area contributed by atoms with Crippen molar-refractivity contribution in [2.75, 3.05) is 0 Å². The lowest BCUT2D eigenvalue weighted by molar-refractivity contribution is -0.142. The third-order valence-corrected chi connectivity index (χ3v) is 5.88. The van der Waals surface area contributed by atoms with Crippen molar-refractivity contribution in [1.82, 2.24) is 14.5 Å². The molecule has 0 bridgehead atoms. The molecule has 2 heterocycles. The minimum absolute atomic E-state index is 0.125. The minimum Gasteiger partial charge on any atom is -0.481 e. The second-order valence-corrected chi connectivity index (χ2v) is 8.29. The fourth-order valence-electron chi connectivity index (χ4n) is 3.77. The predicted octanol–water partition coefficient (Wildman–Crippen LogP) is 5.05. The van der Waals surface area contributed by atoms with E-state index in [1.807, 2.05) is 36.5 Å². The number of carbonyl (C=O) groups is 1. The third kappa shape index (κ3) is 5.71. The lowest BCUT2D eigenvalue weighted by Crippen LogP contribution is -2.29. The van der Waals surface area contributed by atoms with E-state index < -0.39 is 5.97 Å². The minimum atomic E-state index is -0.660. The van der Waals surface area contributed by atoms with Gasteiger partial charge in [-0.05, 0) is 74.9 Å². The fraction of sp³-hybridized carbons (Fsp3) is 0.375. The Hall–Kier alpha value is -2.70. The van der Waals surface area contributed by atoms with Crippen molar-refractivity contribution in [3.05, 3.63) is 65.1 Å². The first-order valence-corrected chi connectivity index (χ1v) is 11.0. The molecule has 3 N–H and O–H groups in total. The van der Waals surface area contributed by atoms with E-state index in [9.17, 15) is 4.79 Å². The van der Waals surface area contributed by atoms with Crippen molar-refractivity contribution in [2.45, 2.75) is 52.0 Å². The van der Waals surface area contributed by atoms with Crippen molar-refractivity contribution in [3.8, 4) is 17.2 Å². The average Bonchev–Trinajstić information content (AvgIpc) is 3.19. The van der Waals surface area contributed by atoms with Crippen LogP contribution in [-0.4, -0.2) is 31.7 Å². The number of aryl methyl sites for hydroxylation is 2. The molecular weight excluding hydrogens is 412 g/mol. The zero-order valence-corrected chi connectivity index (χ0v) is 18.7. The van der Waals surface area contributed by atoms with E-state index in [-0.39, 0.29) is 12.0 Å². The Kier molecular flexibility index (Phi) is 7.82. The highest BCUT2D eigenvalue weighted by Gasteiger charge is 2.23. The highest BCUT2D eigenvalue weighted by atomic mass is 35.5. The average molecular weight is 441 g/mol. The van der Waals surface area contributed by atoms with Gasteiger partial charge >= 0.3 is 5.97 Å². The summed E-state index contributed by atoms with van der Waals surface area (Å²) in [5, 5.41) is 9.31. The van der Waals surface area contributed by atoms with E-state index in [0.717, 1.165) is 65.6 Å². The maximum Gasteiger partial charge on any atom is 0.306 e. The summed E-state index contributed by atoms with van der Waals surface area (Å²) in [5.41, 5.74) is 9.83. The van der Waals surface area contributed by atoms with Crippen molar-refractivity contribution < 1.29 is 9.90 Å². The van der Waals surface area contributed by atoms with Crippen LogP contribution in [-0.2, 0) is 11.2 Å². The van der Waals surface area contributed by atoms with Crippen LogP contribution in [0.2, 0.25) is 5.02 Å². The zero-order valence-electron chi connectivity index (χ0n) is 18.0. The Morgan fingerprint density at radius 2 is 1.84 bits per heavy atom. The first-order valence-electron chi connectivity index (χ1n) is 10.6. The monoisotopic (exact) mass is 440 g/mol. The van der Waals surface area contributed by atoms with Crippen molar-refractivity contribution in [1.29, 1.82) is 0 Å². The molecule has 0 atom stereocenters. The van der Waals surface area contributed by atoms with Gasteiger partial charge in [0.05, 0.1) is 5.92 Å². The van der Waals surface area contributed by atoms with E-state index in [2.05, 4.69) is 34.4 Å². The van der Waals surface area contributed by atoms with Gasteiger partial charge in [0.15, 0.2) is 5.82 Å². The number of hydrogen-bond donors (Lipinski definition) is 2. The van der Waals surface area contributed by atoms with Gasteiger partial charge in [0.25, 0.3) is 0 Å². The van der Waals surface area contributed by atoms with Crippen LogP contribution in [0.1, 0.15) is 43.9 Å². The number of hydrogen-bond acceptors (Lipinski definition) is 4. The molecule has 7 heteroatoms. The molecule has 0 spiro atoms. The summed E-state index contributed by atoms with van der Waals surface area (Å²) in [6, 6.07) is 12.0. The van der Waals surface area contributed by atoms with E-state index in [1.165, 1.54) is 0 Å². The fourth-order valence-corrected chi connectivity index (χ4v) is 3.89. The molecule has 2 aromatic heterocycles. The molecule has 31 heavy (non-hydrogen) atoms. The molecule has 1 fully saturated rings. The Bertz CT molecular complexity index is 1010. The van der Waals surface area contributed by atoms with Crippen LogP contribution >= 0.6 is 11.6 Å². The first kappa shape index (κ1) is 23.0. The van der Waals surface area contributed by atoms with E-state index >= 15 is 0 Å². The maximum absolute atomic E-state index is 10.4. The third-order valence-electron chi connectivity index (χ3n) is 5.62. The van der Waals surface area contributed by atoms with Crippen molar-refractivity contribution in [2.24, 2.45) is 11.7 Å². The van der Waals surface area contributed by atoms with Gasteiger partial charge in [-0.3, -0.25) is 14.3 Å². The maximum atomic E-state index is 10.4. The molecule has 0 radical (unpaired) electrons. The molecule has 3 aromatic rings. The molecule has 4 rings (SSSR count). The lowest BCUT2D eigenvalue weighted by Gasteiger charge is -2.22. The van der Waals surface area contributed by atoms with Gasteiger partial charge in [-0.1, -0.05) is 24.6 Å². The molecule has 1 aliphatic rings. The molecule has 1 aromatic carbocycles. The molecule has 1 saturated carbocycles. The van der Waals surface area contributed by atoms with Crippen LogP contribution in [0.25, 0.3) is 17.2 Å². The number of carboxylic acid groups (broad SMARTS) is 1. The number of imidazole rings is 1. The molecule has 0 aliphatic heterocycles. The van der Waals surface area contributed by atoms with E-state index in [4.69, 9.17) is 22.4 Å². The van der Waals surface area contributed by atoms with Gasteiger partial charge in [-0.25, -0.2) is 4.98 Å². The molecule has 0 unspecified atom stereocenters. The predicted molar refractivity (Wildman–Crippen MR) is 123 cm³/mol. The molecule has 0 saturated heterocycles. The SMILES string of the molecule is CCc1cnc(-c2ncccc2C)n1-c1ccc(Cl)cc1.NC1CCC(C(=O)O)CC1. The molecular formula is C24H29ClN4O2.